The molecule has 0 unspecified atom stereocenters. The number of imidazole rings is 1. The number of sulfonamides is 1. The lowest BCUT2D eigenvalue weighted by molar-refractivity contribution is 0.0998. The van der Waals surface area contributed by atoms with Crippen LogP contribution in [0.5, 0.6) is 0 Å². The van der Waals surface area contributed by atoms with Crippen molar-refractivity contribution in [2.45, 2.75) is 32.2 Å². The van der Waals surface area contributed by atoms with E-state index in [1.54, 1.807) is 17.6 Å². The number of aryl methyl sites for hydroxylation is 1. The Morgan fingerprint density at radius 3 is 2.81 bits per heavy atom. The molecule has 118 valence electrons. The van der Waals surface area contributed by atoms with Crippen molar-refractivity contribution in [3.8, 4) is 0 Å². The summed E-state index contributed by atoms with van der Waals surface area (Å²) < 4.78 is 33.7. The number of rotatable bonds is 6. The zero-order valence-electron chi connectivity index (χ0n) is 12.7. The van der Waals surface area contributed by atoms with Gasteiger partial charge in [-0.2, -0.15) is 4.31 Å². The summed E-state index contributed by atoms with van der Waals surface area (Å²) in [5.74, 6) is 0.918. The SMILES string of the molecule is CCS(=O)(=O)N1Cc2ncn(C)c2[C@H](COCC2CC2)C1. The summed E-state index contributed by atoms with van der Waals surface area (Å²) in [5, 5.41) is 0. The maximum absolute atomic E-state index is 12.2. The van der Waals surface area contributed by atoms with Crippen LogP contribution in [0.2, 0.25) is 0 Å². The molecule has 0 radical (unpaired) electrons. The average molecular weight is 313 g/mol. The lowest BCUT2D eigenvalue weighted by atomic mass is 10.0. The molecule has 21 heavy (non-hydrogen) atoms. The fourth-order valence-electron chi connectivity index (χ4n) is 2.89. The molecule has 1 atom stereocenters. The van der Waals surface area contributed by atoms with E-state index in [9.17, 15) is 8.42 Å². The third-order valence-electron chi connectivity index (χ3n) is 4.33. The molecule has 1 saturated carbocycles. The first-order valence-corrected chi connectivity index (χ1v) is 9.17. The maximum Gasteiger partial charge on any atom is 0.214 e. The third kappa shape index (κ3) is 3.14. The van der Waals surface area contributed by atoms with E-state index in [-0.39, 0.29) is 11.7 Å². The van der Waals surface area contributed by atoms with Gasteiger partial charge in [-0.05, 0) is 25.7 Å². The van der Waals surface area contributed by atoms with E-state index in [0.717, 1.165) is 23.9 Å². The van der Waals surface area contributed by atoms with Crippen molar-refractivity contribution in [3.63, 3.8) is 0 Å². The molecule has 2 heterocycles. The van der Waals surface area contributed by atoms with Gasteiger partial charge >= 0.3 is 0 Å². The maximum atomic E-state index is 12.2. The number of fused-ring (bicyclic) bond motifs is 1. The summed E-state index contributed by atoms with van der Waals surface area (Å²) in [6.07, 6.45) is 4.29. The molecule has 0 amide bonds. The van der Waals surface area contributed by atoms with Gasteiger partial charge < -0.3 is 9.30 Å². The van der Waals surface area contributed by atoms with Crippen LogP contribution in [0, 0.1) is 5.92 Å². The quantitative estimate of drug-likeness (QED) is 0.789. The van der Waals surface area contributed by atoms with E-state index < -0.39 is 10.0 Å². The number of aromatic nitrogens is 2. The van der Waals surface area contributed by atoms with Crippen molar-refractivity contribution < 1.29 is 13.2 Å². The monoisotopic (exact) mass is 313 g/mol. The minimum Gasteiger partial charge on any atom is -0.380 e. The summed E-state index contributed by atoms with van der Waals surface area (Å²) in [6, 6.07) is 0. The Morgan fingerprint density at radius 2 is 2.14 bits per heavy atom. The largest absolute Gasteiger partial charge is 0.380 e. The van der Waals surface area contributed by atoms with Gasteiger partial charge in [0.1, 0.15) is 0 Å². The second-order valence-electron chi connectivity index (χ2n) is 6.06. The molecule has 1 aliphatic carbocycles. The second-order valence-corrected chi connectivity index (χ2v) is 8.32. The molecule has 1 aliphatic heterocycles. The van der Waals surface area contributed by atoms with Crippen LogP contribution in [0.3, 0.4) is 0 Å². The molecular weight excluding hydrogens is 290 g/mol. The molecule has 2 aliphatic rings. The normalized spacial score (nSPS) is 23.2. The number of ether oxygens (including phenoxy) is 1. The fourth-order valence-corrected chi connectivity index (χ4v) is 3.98. The van der Waals surface area contributed by atoms with Gasteiger partial charge in [-0.1, -0.05) is 0 Å². The zero-order chi connectivity index (χ0) is 15.0. The summed E-state index contributed by atoms with van der Waals surface area (Å²) in [5.41, 5.74) is 1.98. The number of hydrogen-bond donors (Lipinski definition) is 0. The van der Waals surface area contributed by atoms with Crippen LogP contribution in [0.1, 0.15) is 37.1 Å². The first-order valence-electron chi connectivity index (χ1n) is 7.57. The van der Waals surface area contributed by atoms with Crippen LogP contribution in [-0.4, -0.2) is 47.8 Å². The molecule has 7 heteroatoms. The highest BCUT2D eigenvalue weighted by atomic mass is 32.2. The first-order chi connectivity index (χ1) is 10.0. The Labute approximate surface area is 126 Å². The number of nitrogens with zero attached hydrogens (tertiary/aromatic N) is 3. The molecule has 3 rings (SSSR count). The highest BCUT2D eigenvalue weighted by molar-refractivity contribution is 7.89. The van der Waals surface area contributed by atoms with Crippen LogP contribution in [0.4, 0.5) is 0 Å². The predicted molar refractivity (Wildman–Crippen MR) is 79.4 cm³/mol. The highest BCUT2D eigenvalue weighted by Gasteiger charge is 2.34. The second kappa shape index (κ2) is 5.70. The highest BCUT2D eigenvalue weighted by Crippen LogP contribution is 2.32. The van der Waals surface area contributed by atoms with Gasteiger partial charge in [0.05, 0.1) is 30.9 Å². The van der Waals surface area contributed by atoms with Gasteiger partial charge in [-0.25, -0.2) is 13.4 Å². The van der Waals surface area contributed by atoms with Gasteiger partial charge in [-0.15, -0.1) is 0 Å². The lowest BCUT2D eigenvalue weighted by Gasteiger charge is -2.31. The van der Waals surface area contributed by atoms with Crippen molar-refractivity contribution in [2.24, 2.45) is 13.0 Å². The van der Waals surface area contributed by atoms with Crippen LogP contribution in [-0.2, 0) is 28.4 Å². The molecule has 0 N–H and O–H groups in total. The Hall–Kier alpha value is -0.920. The summed E-state index contributed by atoms with van der Waals surface area (Å²) in [6.45, 7) is 3.92. The standard InChI is InChI=1S/C14H23N3O3S/c1-3-21(18,19)17-6-12(9-20-8-11-4-5-11)14-13(7-17)15-10-16(14)2/h10-12H,3-9H2,1-2H3/t12-/m0/s1. The Morgan fingerprint density at radius 1 is 1.38 bits per heavy atom. The van der Waals surface area contributed by atoms with E-state index in [1.165, 1.54) is 12.8 Å². The van der Waals surface area contributed by atoms with E-state index in [0.29, 0.717) is 19.7 Å². The molecule has 1 aromatic rings. The molecule has 0 bridgehead atoms. The van der Waals surface area contributed by atoms with Gasteiger partial charge in [-0.3, -0.25) is 0 Å². The van der Waals surface area contributed by atoms with Crippen molar-refractivity contribution >= 4 is 10.0 Å². The summed E-state index contributed by atoms with van der Waals surface area (Å²) >= 11 is 0. The van der Waals surface area contributed by atoms with Crippen molar-refractivity contribution in [3.05, 3.63) is 17.7 Å². The minimum atomic E-state index is -3.19. The average Bonchev–Trinajstić information content (AvgIpc) is 3.21. The molecule has 0 saturated heterocycles. The first kappa shape index (κ1) is 15.0. The lowest BCUT2D eigenvalue weighted by Crippen LogP contribution is -2.41. The number of hydrogen-bond acceptors (Lipinski definition) is 4. The van der Waals surface area contributed by atoms with Crippen LogP contribution in [0.15, 0.2) is 6.33 Å². The Bertz CT molecular complexity index is 607. The molecule has 1 fully saturated rings. The Balaban J connectivity index is 1.77. The van der Waals surface area contributed by atoms with E-state index in [4.69, 9.17) is 4.74 Å². The topological polar surface area (TPSA) is 64.4 Å². The van der Waals surface area contributed by atoms with Crippen molar-refractivity contribution in [2.75, 3.05) is 25.5 Å². The molecule has 0 spiro atoms. The van der Waals surface area contributed by atoms with E-state index in [2.05, 4.69) is 4.98 Å². The van der Waals surface area contributed by atoms with E-state index >= 15 is 0 Å². The molecular formula is C14H23N3O3S. The van der Waals surface area contributed by atoms with Gasteiger partial charge in [0.25, 0.3) is 0 Å². The van der Waals surface area contributed by atoms with Gasteiger partial charge in [0.15, 0.2) is 0 Å². The molecule has 1 aromatic heterocycles. The summed E-state index contributed by atoms with van der Waals surface area (Å²) in [4.78, 5) is 4.36. The van der Waals surface area contributed by atoms with Gasteiger partial charge in [0.2, 0.25) is 10.0 Å². The van der Waals surface area contributed by atoms with Crippen LogP contribution in [0.25, 0.3) is 0 Å². The molecule has 0 aromatic carbocycles. The Kier molecular flexibility index (Phi) is 4.07. The summed E-state index contributed by atoms with van der Waals surface area (Å²) in [7, 11) is -1.23. The van der Waals surface area contributed by atoms with Crippen LogP contribution >= 0.6 is 0 Å². The van der Waals surface area contributed by atoms with Crippen molar-refractivity contribution in [1.29, 1.82) is 0 Å². The third-order valence-corrected chi connectivity index (χ3v) is 6.12. The van der Waals surface area contributed by atoms with Gasteiger partial charge in [0, 0.05) is 31.8 Å². The van der Waals surface area contributed by atoms with Crippen LogP contribution < -0.4 is 0 Å². The fraction of sp³-hybridized carbons (Fsp3) is 0.786. The molecule has 6 nitrogen and oxygen atoms in total. The predicted octanol–water partition coefficient (Wildman–Crippen LogP) is 1.10. The smallest absolute Gasteiger partial charge is 0.214 e. The van der Waals surface area contributed by atoms with E-state index in [1.807, 2.05) is 11.6 Å². The minimum absolute atomic E-state index is 0.0707. The van der Waals surface area contributed by atoms with Crippen molar-refractivity contribution in [1.82, 2.24) is 13.9 Å². The zero-order valence-corrected chi connectivity index (χ0v) is 13.5.